The minimum atomic E-state index is -0.536. The summed E-state index contributed by atoms with van der Waals surface area (Å²) < 4.78 is 6.01. The van der Waals surface area contributed by atoms with Gasteiger partial charge in [-0.25, -0.2) is 0 Å². The van der Waals surface area contributed by atoms with Gasteiger partial charge in [0.1, 0.15) is 18.0 Å². The molecule has 130 valence electrons. The molecule has 0 radical (unpaired) electrons. The molecule has 0 spiro atoms. The number of aliphatic hydroxyl groups excluding tert-OH is 1. The largest absolute Gasteiger partial charge is 0.459 e. The molecule has 0 saturated carbocycles. The second-order valence-electron chi connectivity index (χ2n) is 6.34. The SMILES string of the molecule is CC(C)C(Nc1cccc(NC(=O)CO)c1)c1cc2ccccc2o1. The van der Waals surface area contributed by atoms with E-state index in [1.807, 2.05) is 42.5 Å². The number of carbonyl (C=O) groups excluding carboxylic acids is 1. The van der Waals surface area contributed by atoms with E-state index in [2.05, 4.69) is 30.5 Å². The van der Waals surface area contributed by atoms with Gasteiger partial charge in [0.05, 0.1) is 6.04 Å². The van der Waals surface area contributed by atoms with Crippen LogP contribution in [0.15, 0.2) is 59.0 Å². The second kappa shape index (κ2) is 7.40. The maximum Gasteiger partial charge on any atom is 0.250 e. The van der Waals surface area contributed by atoms with E-state index in [1.54, 1.807) is 6.07 Å². The maximum atomic E-state index is 11.3. The zero-order valence-electron chi connectivity index (χ0n) is 14.3. The first kappa shape index (κ1) is 17.0. The van der Waals surface area contributed by atoms with Crippen molar-refractivity contribution in [2.45, 2.75) is 19.9 Å². The van der Waals surface area contributed by atoms with Crippen LogP contribution in [-0.2, 0) is 4.79 Å². The number of amides is 1. The Hall–Kier alpha value is -2.79. The summed E-state index contributed by atoms with van der Waals surface area (Å²) in [6.45, 7) is 3.72. The van der Waals surface area contributed by atoms with E-state index in [4.69, 9.17) is 9.52 Å². The molecule has 25 heavy (non-hydrogen) atoms. The molecule has 5 nitrogen and oxygen atoms in total. The minimum absolute atomic E-state index is 0.00352. The van der Waals surface area contributed by atoms with Gasteiger partial charge in [-0.3, -0.25) is 4.79 Å². The van der Waals surface area contributed by atoms with Crippen LogP contribution in [0.25, 0.3) is 11.0 Å². The lowest BCUT2D eigenvalue weighted by Gasteiger charge is -2.22. The maximum absolute atomic E-state index is 11.3. The van der Waals surface area contributed by atoms with Gasteiger partial charge in [-0.05, 0) is 36.2 Å². The number of rotatable bonds is 6. The number of hydrogen-bond donors (Lipinski definition) is 3. The van der Waals surface area contributed by atoms with Crippen LogP contribution in [0.4, 0.5) is 11.4 Å². The first-order valence-corrected chi connectivity index (χ1v) is 8.32. The Labute approximate surface area is 146 Å². The molecule has 0 aliphatic rings. The van der Waals surface area contributed by atoms with Crippen molar-refractivity contribution in [1.82, 2.24) is 0 Å². The predicted octanol–water partition coefficient (Wildman–Crippen LogP) is 4.17. The van der Waals surface area contributed by atoms with Crippen LogP contribution in [0.3, 0.4) is 0 Å². The van der Waals surface area contributed by atoms with Crippen molar-refractivity contribution in [1.29, 1.82) is 0 Å². The van der Waals surface area contributed by atoms with Crippen molar-refractivity contribution in [3.63, 3.8) is 0 Å². The van der Waals surface area contributed by atoms with E-state index in [0.29, 0.717) is 11.6 Å². The summed E-state index contributed by atoms with van der Waals surface area (Å²) in [5.74, 6) is 0.743. The highest BCUT2D eigenvalue weighted by Crippen LogP contribution is 2.31. The first-order valence-electron chi connectivity index (χ1n) is 8.32. The number of fused-ring (bicyclic) bond motifs is 1. The van der Waals surface area contributed by atoms with Crippen molar-refractivity contribution < 1.29 is 14.3 Å². The average Bonchev–Trinajstić information content (AvgIpc) is 3.03. The summed E-state index contributed by atoms with van der Waals surface area (Å²) in [7, 11) is 0. The molecule has 0 fully saturated rings. The number of hydrogen-bond acceptors (Lipinski definition) is 4. The number of para-hydroxylation sites is 1. The Balaban J connectivity index is 1.85. The fraction of sp³-hybridized carbons (Fsp3) is 0.250. The molecule has 2 aromatic carbocycles. The molecule has 1 atom stereocenters. The molecule has 1 heterocycles. The summed E-state index contributed by atoms with van der Waals surface area (Å²) >= 11 is 0. The second-order valence-corrected chi connectivity index (χ2v) is 6.34. The Morgan fingerprint density at radius 3 is 2.56 bits per heavy atom. The molecule has 3 aromatic rings. The van der Waals surface area contributed by atoms with Crippen molar-refractivity contribution in [2.75, 3.05) is 17.2 Å². The molecular weight excluding hydrogens is 316 g/mol. The van der Waals surface area contributed by atoms with Crippen molar-refractivity contribution in [3.8, 4) is 0 Å². The van der Waals surface area contributed by atoms with Crippen LogP contribution in [0.5, 0.6) is 0 Å². The van der Waals surface area contributed by atoms with Crippen LogP contribution in [0, 0.1) is 5.92 Å². The summed E-state index contributed by atoms with van der Waals surface area (Å²) in [4.78, 5) is 11.3. The lowest BCUT2D eigenvalue weighted by Crippen LogP contribution is -2.17. The fourth-order valence-corrected chi connectivity index (χ4v) is 2.79. The van der Waals surface area contributed by atoms with E-state index in [9.17, 15) is 4.79 Å². The highest BCUT2D eigenvalue weighted by Gasteiger charge is 2.20. The molecule has 0 aliphatic heterocycles. The third-order valence-electron chi connectivity index (χ3n) is 4.03. The topological polar surface area (TPSA) is 74.5 Å². The van der Waals surface area contributed by atoms with Gasteiger partial charge in [-0.1, -0.05) is 38.1 Å². The van der Waals surface area contributed by atoms with E-state index in [-0.39, 0.29) is 6.04 Å². The minimum Gasteiger partial charge on any atom is -0.459 e. The predicted molar refractivity (Wildman–Crippen MR) is 99.6 cm³/mol. The summed E-state index contributed by atoms with van der Waals surface area (Å²) in [6.07, 6.45) is 0. The molecule has 1 aromatic heterocycles. The van der Waals surface area contributed by atoms with Crippen LogP contribution in [-0.4, -0.2) is 17.6 Å². The number of aliphatic hydroxyl groups is 1. The molecule has 0 bridgehead atoms. The summed E-state index contributed by atoms with van der Waals surface area (Å²) in [5, 5.41) is 16.1. The smallest absolute Gasteiger partial charge is 0.250 e. The molecular formula is C20H22N2O3. The van der Waals surface area contributed by atoms with Crippen LogP contribution in [0.1, 0.15) is 25.6 Å². The van der Waals surface area contributed by atoms with Gasteiger partial charge in [-0.15, -0.1) is 0 Å². The lowest BCUT2D eigenvalue weighted by molar-refractivity contribution is -0.118. The van der Waals surface area contributed by atoms with Crippen molar-refractivity contribution in [3.05, 3.63) is 60.4 Å². The van der Waals surface area contributed by atoms with Gasteiger partial charge < -0.3 is 20.2 Å². The molecule has 0 aliphatic carbocycles. The van der Waals surface area contributed by atoms with Gasteiger partial charge in [-0.2, -0.15) is 0 Å². The highest BCUT2D eigenvalue weighted by molar-refractivity contribution is 5.92. The van der Waals surface area contributed by atoms with Crippen molar-refractivity contribution in [2.24, 2.45) is 5.92 Å². The zero-order chi connectivity index (χ0) is 17.8. The lowest BCUT2D eigenvalue weighted by atomic mass is 10.0. The Kier molecular flexibility index (Phi) is 5.05. The quantitative estimate of drug-likeness (QED) is 0.630. The third-order valence-corrected chi connectivity index (χ3v) is 4.03. The fourth-order valence-electron chi connectivity index (χ4n) is 2.79. The van der Waals surface area contributed by atoms with Crippen molar-refractivity contribution >= 4 is 28.3 Å². The molecule has 5 heteroatoms. The van der Waals surface area contributed by atoms with Crippen LogP contribution >= 0.6 is 0 Å². The number of furan rings is 1. The van der Waals surface area contributed by atoms with Crippen LogP contribution in [0.2, 0.25) is 0 Å². The van der Waals surface area contributed by atoms with Gasteiger partial charge >= 0.3 is 0 Å². The van der Waals surface area contributed by atoms with Gasteiger partial charge in [0.15, 0.2) is 0 Å². The Bertz CT molecular complexity index is 837. The van der Waals surface area contributed by atoms with E-state index in [1.165, 1.54) is 0 Å². The van der Waals surface area contributed by atoms with Gasteiger partial charge in [0.25, 0.3) is 0 Å². The van der Waals surface area contributed by atoms with Gasteiger partial charge in [0.2, 0.25) is 5.91 Å². The average molecular weight is 338 g/mol. The first-order chi connectivity index (χ1) is 12.1. The monoisotopic (exact) mass is 338 g/mol. The van der Waals surface area contributed by atoms with Crippen LogP contribution < -0.4 is 10.6 Å². The number of carbonyl (C=O) groups is 1. The molecule has 1 unspecified atom stereocenters. The van der Waals surface area contributed by atoms with E-state index < -0.39 is 12.5 Å². The van der Waals surface area contributed by atoms with E-state index >= 15 is 0 Å². The van der Waals surface area contributed by atoms with E-state index in [0.717, 1.165) is 22.4 Å². The van der Waals surface area contributed by atoms with Gasteiger partial charge in [0, 0.05) is 16.8 Å². The zero-order valence-corrected chi connectivity index (χ0v) is 14.3. The number of nitrogens with one attached hydrogen (secondary N) is 2. The molecule has 0 saturated heterocycles. The third kappa shape index (κ3) is 4.00. The Morgan fingerprint density at radius 1 is 1.08 bits per heavy atom. The highest BCUT2D eigenvalue weighted by atomic mass is 16.3. The summed E-state index contributed by atoms with van der Waals surface area (Å²) in [6, 6.07) is 17.4. The number of anilines is 2. The normalized spacial score (nSPS) is 12.3. The molecule has 3 rings (SSSR count). The standard InChI is InChI=1S/C20H22N2O3/c1-13(2)20(18-10-14-6-3-4-9-17(14)25-18)22-16-8-5-7-15(11-16)21-19(24)12-23/h3-11,13,20,22-23H,12H2,1-2H3,(H,21,24). The summed E-state index contributed by atoms with van der Waals surface area (Å²) in [5.41, 5.74) is 2.37. The Morgan fingerprint density at radius 2 is 1.84 bits per heavy atom. The number of benzene rings is 2. The molecule has 3 N–H and O–H groups in total. The molecule has 1 amide bonds.